The Labute approximate surface area is 103 Å². The number of phenols is 1. The molecule has 0 aliphatic carbocycles. The fourth-order valence-corrected chi connectivity index (χ4v) is 2.02. The second kappa shape index (κ2) is 4.97. The highest BCUT2D eigenvalue weighted by molar-refractivity contribution is 8.01. The van der Waals surface area contributed by atoms with Gasteiger partial charge in [0.05, 0.1) is 5.56 Å². The van der Waals surface area contributed by atoms with E-state index >= 15 is 0 Å². The van der Waals surface area contributed by atoms with Crippen molar-refractivity contribution >= 4 is 17.5 Å². The maximum absolute atomic E-state index is 11.1. The highest BCUT2D eigenvalue weighted by Crippen LogP contribution is 2.27. The van der Waals surface area contributed by atoms with E-state index in [2.05, 4.69) is 0 Å². The molecule has 0 atom stereocenters. The third kappa shape index (κ3) is 2.45. The maximum Gasteiger partial charge on any atom is 0.252 e. The van der Waals surface area contributed by atoms with E-state index in [0.29, 0.717) is 10.3 Å². The van der Waals surface area contributed by atoms with Crippen molar-refractivity contribution in [3.05, 3.63) is 59.2 Å². The minimum atomic E-state index is 0.193. The topological polar surface area (TPSA) is 52.1 Å². The molecule has 0 aliphatic rings. The van der Waals surface area contributed by atoms with Crippen molar-refractivity contribution in [1.82, 2.24) is 4.57 Å². The van der Waals surface area contributed by atoms with E-state index in [1.807, 2.05) is 23.8 Å². The quantitative estimate of drug-likeness (QED) is 0.668. The van der Waals surface area contributed by atoms with Crippen molar-refractivity contribution in [2.24, 2.45) is 0 Å². The first-order chi connectivity index (χ1) is 8.22. The van der Waals surface area contributed by atoms with Gasteiger partial charge in [0.25, 0.3) is 6.33 Å². The van der Waals surface area contributed by atoms with Crippen LogP contribution in [0.1, 0.15) is 5.56 Å². The first-order valence-electron chi connectivity index (χ1n) is 5.01. The van der Waals surface area contributed by atoms with Gasteiger partial charge in [-0.2, -0.15) is 0 Å². The number of phenolic OH excluding ortho intramolecular Hbond substituents is 1. The van der Waals surface area contributed by atoms with Gasteiger partial charge in [-0.3, -0.25) is 0 Å². The lowest BCUT2D eigenvalue weighted by Crippen LogP contribution is -2.21. The zero-order valence-corrected chi connectivity index (χ0v) is 10.1. The Kier molecular flexibility index (Phi) is 3.39. The smallest absolute Gasteiger partial charge is 0.252 e. The SMILES string of the molecule is CS/C=C(\c1ccccc1O)n1cc[n+]([O-])c1. The van der Waals surface area contributed by atoms with Crippen molar-refractivity contribution in [1.29, 1.82) is 0 Å². The average Bonchev–Trinajstić information content (AvgIpc) is 2.74. The fraction of sp³-hybridized carbons (Fsp3) is 0.0833. The number of thioether (sulfide) groups is 1. The second-order valence-corrected chi connectivity index (χ2v) is 4.14. The molecule has 0 spiro atoms. The molecule has 1 N–H and O–H groups in total. The predicted molar refractivity (Wildman–Crippen MR) is 68.4 cm³/mol. The Morgan fingerprint density at radius 1 is 1.47 bits per heavy atom. The summed E-state index contributed by atoms with van der Waals surface area (Å²) in [4.78, 5) is 0. The Hall–Kier alpha value is -1.88. The summed E-state index contributed by atoms with van der Waals surface area (Å²) >= 11 is 1.51. The van der Waals surface area contributed by atoms with E-state index in [4.69, 9.17) is 0 Å². The molecule has 17 heavy (non-hydrogen) atoms. The van der Waals surface area contributed by atoms with Crippen LogP contribution in [0.3, 0.4) is 0 Å². The number of benzene rings is 1. The van der Waals surface area contributed by atoms with Crippen LogP contribution < -0.4 is 4.73 Å². The van der Waals surface area contributed by atoms with Crippen molar-refractivity contribution in [3.63, 3.8) is 0 Å². The molecule has 0 radical (unpaired) electrons. The van der Waals surface area contributed by atoms with Crippen molar-refractivity contribution in [3.8, 4) is 5.75 Å². The molecule has 0 aliphatic heterocycles. The van der Waals surface area contributed by atoms with Crippen LogP contribution in [0.2, 0.25) is 0 Å². The monoisotopic (exact) mass is 248 g/mol. The molecule has 1 aromatic carbocycles. The van der Waals surface area contributed by atoms with Crippen LogP contribution in [0, 0.1) is 5.21 Å². The molecule has 88 valence electrons. The molecule has 0 unspecified atom stereocenters. The second-order valence-electron chi connectivity index (χ2n) is 3.44. The van der Waals surface area contributed by atoms with Crippen LogP contribution in [-0.2, 0) is 0 Å². The van der Waals surface area contributed by atoms with Gasteiger partial charge >= 0.3 is 0 Å². The van der Waals surface area contributed by atoms with E-state index in [-0.39, 0.29) is 5.75 Å². The summed E-state index contributed by atoms with van der Waals surface area (Å²) in [6.07, 6.45) is 6.40. The van der Waals surface area contributed by atoms with Gasteiger partial charge in [0.2, 0.25) is 0 Å². The van der Waals surface area contributed by atoms with E-state index in [1.54, 1.807) is 22.9 Å². The lowest BCUT2D eigenvalue weighted by Gasteiger charge is -2.05. The number of nitrogens with zero attached hydrogens (tertiary/aromatic N) is 2. The van der Waals surface area contributed by atoms with Crippen LogP contribution in [0.4, 0.5) is 0 Å². The third-order valence-electron chi connectivity index (χ3n) is 2.30. The average molecular weight is 248 g/mol. The molecule has 2 rings (SSSR count). The number of aromatic hydroxyl groups is 1. The fourth-order valence-electron chi connectivity index (χ4n) is 1.54. The van der Waals surface area contributed by atoms with Gasteiger partial charge < -0.3 is 10.3 Å². The van der Waals surface area contributed by atoms with Crippen LogP contribution >= 0.6 is 11.8 Å². The minimum absolute atomic E-state index is 0.193. The standard InChI is InChI=1S/C12H12N2O2S/c1-17-8-11(13-6-7-14(16)9-13)10-4-2-3-5-12(10)15/h2-9,15H,1H3/b11-8+. The first kappa shape index (κ1) is 11.6. The highest BCUT2D eigenvalue weighted by Gasteiger charge is 2.13. The summed E-state index contributed by atoms with van der Waals surface area (Å²) in [6.45, 7) is 0. The first-order valence-corrected chi connectivity index (χ1v) is 6.29. The zero-order chi connectivity index (χ0) is 12.3. The van der Waals surface area contributed by atoms with Crippen molar-refractivity contribution in [2.75, 3.05) is 6.26 Å². The van der Waals surface area contributed by atoms with Gasteiger partial charge in [-0.15, -0.1) is 11.8 Å². The summed E-state index contributed by atoms with van der Waals surface area (Å²) in [5.41, 5.74) is 1.46. The van der Waals surface area contributed by atoms with Crippen LogP contribution in [-0.4, -0.2) is 15.9 Å². The number of hydrogen-bond acceptors (Lipinski definition) is 3. The maximum atomic E-state index is 11.1. The molecule has 2 aromatic rings. The van der Waals surface area contributed by atoms with Gasteiger partial charge in [0.1, 0.15) is 23.8 Å². The lowest BCUT2D eigenvalue weighted by molar-refractivity contribution is -0.604. The van der Waals surface area contributed by atoms with Gasteiger partial charge in [-0.1, -0.05) is 12.1 Å². The third-order valence-corrected chi connectivity index (χ3v) is 2.76. The van der Waals surface area contributed by atoms with E-state index in [1.165, 1.54) is 24.3 Å². The number of para-hydroxylation sites is 1. The lowest BCUT2D eigenvalue weighted by atomic mass is 10.1. The van der Waals surface area contributed by atoms with Gasteiger partial charge in [0, 0.05) is 5.41 Å². The number of hydrogen-bond donors (Lipinski definition) is 1. The highest BCUT2D eigenvalue weighted by atomic mass is 32.2. The van der Waals surface area contributed by atoms with Crippen LogP contribution in [0.15, 0.2) is 48.4 Å². The summed E-state index contributed by atoms with van der Waals surface area (Å²) in [7, 11) is 0. The van der Waals surface area contributed by atoms with Gasteiger partial charge in [-0.05, 0) is 18.4 Å². The van der Waals surface area contributed by atoms with Crippen LogP contribution in [0.5, 0.6) is 5.75 Å². The molecular weight excluding hydrogens is 236 g/mol. The Balaban J connectivity index is 2.51. The largest absolute Gasteiger partial charge is 0.711 e. The van der Waals surface area contributed by atoms with Gasteiger partial charge in [-0.25, -0.2) is 9.30 Å². The number of imidazole rings is 1. The molecule has 0 bridgehead atoms. The Bertz CT molecular complexity index is 549. The Morgan fingerprint density at radius 2 is 2.24 bits per heavy atom. The molecule has 1 heterocycles. The number of aromatic nitrogens is 2. The molecule has 0 saturated carbocycles. The summed E-state index contributed by atoms with van der Waals surface area (Å²) in [5, 5.41) is 22.8. The molecule has 0 amide bonds. The predicted octanol–water partition coefficient (Wildman–Crippen LogP) is 2.04. The zero-order valence-electron chi connectivity index (χ0n) is 9.28. The van der Waals surface area contributed by atoms with E-state index in [0.717, 1.165) is 5.70 Å². The minimum Gasteiger partial charge on any atom is -0.711 e. The van der Waals surface area contributed by atoms with Crippen LogP contribution in [0.25, 0.3) is 5.70 Å². The van der Waals surface area contributed by atoms with E-state index in [9.17, 15) is 10.3 Å². The molecule has 1 aromatic heterocycles. The molecule has 0 saturated heterocycles. The summed E-state index contributed by atoms with van der Waals surface area (Å²) in [6, 6.07) is 7.04. The normalized spacial score (nSPS) is 11.7. The molecular formula is C12H12N2O2S. The van der Waals surface area contributed by atoms with E-state index < -0.39 is 0 Å². The number of rotatable bonds is 3. The summed E-state index contributed by atoms with van der Waals surface area (Å²) < 4.78 is 2.40. The van der Waals surface area contributed by atoms with Crippen molar-refractivity contribution < 1.29 is 9.84 Å². The van der Waals surface area contributed by atoms with Crippen molar-refractivity contribution in [2.45, 2.75) is 0 Å². The Morgan fingerprint density at radius 3 is 2.82 bits per heavy atom. The molecule has 0 fully saturated rings. The molecule has 5 heteroatoms. The van der Waals surface area contributed by atoms with Gasteiger partial charge in [0.15, 0.2) is 0 Å². The molecule has 4 nitrogen and oxygen atoms in total. The summed E-state index contributed by atoms with van der Waals surface area (Å²) in [5.74, 6) is 0.193.